The first-order valence-corrected chi connectivity index (χ1v) is 10.0. The van der Waals surface area contributed by atoms with Gasteiger partial charge in [-0.05, 0) is 61.7 Å². The van der Waals surface area contributed by atoms with Gasteiger partial charge in [-0.1, -0.05) is 12.1 Å². The van der Waals surface area contributed by atoms with Gasteiger partial charge in [-0.25, -0.2) is 0 Å². The van der Waals surface area contributed by atoms with Gasteiger partial charge in [-0.2, -0.15) is 0 Å². The Morgan fingerprint density at radius 3 is 2.85 bits per heavy atom. The highest BCUT2D eigenvalue weighted by Gasteiger charge is 2.36. The lowest BCUT2D eigenvalue weighted by molar-refractivity contribution is -0.133. The number of nitrogen functional groups attached to an aromatic ring is 1. The van der Waals surface area contributed by atoms with E-state index in [0.717, 1.165) is 50.1 Å². The summed E-state index contributed by atoms with van der Waals surface area (Å²) in [6, 6.07) is 10.4. The predicted octanol–water partition coefficient (Wildman–Crippen LogP) is 4.26. The quantitative estimate of drug-likeness (QED) is 0.795. The normalized spacial score (nSPS) is 20.4. The second kappa shape index (κ2) is 7.89. The van der Waals surface area contributed by atoms with E-state index in [1.54, 1.807) is 11.3 Å². The van der Waals surface area contributed by atoms with E-state index in [1.807, 2.05) is 19.1 Å². The van der Waals surface area contributed by atoms with E-state index in [0.29, 0.717) is 0 Å². The number of carbonyl (C=O) groups is 1. The van der Waals surface area contributed by atoms with Gasteiger partial charge < -0.3 is 15.5 Å². The summed E-state index contributed by atoms with van der Waals surface area (Å²) in [5.74, 6) is 0.242. The van der Waals surface area contributed by atoms with Crippen LogP contribution in [0.15, 0.2) is 35.7 Å². The summed E-state index contributed by atoms with van der Waals surface area (Å²) in [5.41, 5.74) is 9.35. The standard InChI is InChI=1S/C20H25N3OS.ClH/c1-14(22-11-3-6-15-16(21)7-2-8-17(15)22)20(24)23-12-4-9-18(23)19-10-5-13-25-19;/h2,5,7-8,10,13-14,18H,3-4,6,9,11-12,21H2,1H3;1H. The zero-order valence-electron chi connectivity index (χ0n) is 15.1. The van der Waals surface area contributed by atoms with Crippen molar-refractivity contribution in [3.8, 4) is 0 Å². The van der Waals surface area contributed by atoms with Crippen LogP contribution in [0.2, 0.25) is 0 Å². The van der Waals surface area contributed by atoms with Gasteiger partial charge in [-0.15, -0.1) is 23.7 Å². The van der Waals surface area contributed by atoms with E-state index in [1.165, 1.54) is 10.4 Å². The fraction of sp³-hybridized carbons (Fsp3) is 0.450. The van der Waals surface area contributed by atoms with Gasteiger partial charge in [0.2, 0.25) is 5.91 Å². The fourth-order valence-corrected chi connectivity index (χ4v) is 5.14. The number of thiophene rings is 1. The number of carbonyl (C=O) groups excluding carboxylic acids is 1. The molecule has 2 aromatic rings. The van der Waals surface area contributed by atoms with Gasteiger partial charge in [0.05, 0.1) is 6.04 Å². The van der Waals surface area contributed by atoms with Crippen LogP contribution in [0.4, 0.5) is 11.4 Å². The summed E-state index contributed by atoms with van der Waals surface area (Å²) in [6.45, 7) is 3.83. The van der Waals surface area contributed by atoms with Crippen molar-refractivity contribution in [1.82, 2.24) is 4.90 Å². The Bertz CT molecular complexity index is 764. The topological polar surface area (TPSA) is 49.6 Å². The van der Waals surface area contributed by atoms with E-state index in [9.17, 15) is 4.79 Å². The molecule has 2 aliphatic heterocycles. The molecule has 140 valence electrons. The summed E-state index contributed by atoms with van der Waals surface area (Å²) >= 11 is 1.76. The molecule has 2 aliphatic rings. The third kappa shape index (κ3) is 3.30. The van der Waals surface area contributed by atoms with E-state index >= 15 is 0 Å². The number of likely N-dealkylation sites (tertiary alicyclic amines) is 1. The van der Waals surface area contributed by atoms with Crippen LogP contribution in [0, 0.1) is 0 Å². The van der Waals surface area contributed by atoms with Crippen molar-refractivity contribution >= 4 is 41.0 Å². The molecule has 2 N–H and O–H groups in total. The van der Waals surface area contributed by atoms with Gasteiger partial charge in [-0.3, -0.25) is 4.79 Å². The summed E-state index contributed by atoms with van der Waals surface area (Å²) in [4.78, 5) is 19.0. The molecule has 0 aliphatic carbocycles. The van der Waals surface area contributed by atoms with Gasteiger partial charge >= 0.3 is 0 Å². The Hall–Kier alpha value is -1.72. The maximum absolute atomic E-state index is 13.3. The highest BCUT2D eigenvalue weighted by Crippen LogP contribution is 2.37. The number of benzene rings is 1. The minimum atomic E-state index is -0.151. The van der Waals surface area contributed by atoms with Gasteiger partial charge in [0.15, 0.2) is 0 Å². The van der Waals surface area contributed by atoms with Gasteiger partial charge in [0, 0.05) is 29.3 Å². The molecule has 1 aromatic heterocycles. The average molecular weight is 392 g/mol. The Labute approximate surface area is 165 Å². The molecule has 6 heteroatoms. The Morgan fingerprint density at radius 2 is 2.08 bits per heavy atom. The van der Waals surface area contributed by atoms with Crippen molar-refractivity contribution in [1.29, 1.82) is 0 Å². The lowest BCUT2D eigenvalue weighted by Gasteiger charge is -2.38. The largest absolute Gasteiger partial charge is 0.398 e. The Balaban J connectivity index is 0.00000196. The van der Waals surface area contributed by atoms with Gasteiger partial charge in [0.1, 0.15) is 6.04 Å². The van der Waals surface area contributed by atoms with Crippen molar-refractivity contribution in [3.63, 3.8) is 0 Å². The number of halogens is 1. The van der Waals surface area contributed by atoms with E-state index in [4.69, 9.17) is 5.73 Å². The lowest BCUT2D eigenvalue weighted by atomic mass is 9.98. The van der Waals surface area contributed by atoms with E-state index in [-0.39, 0.29) is 30.4 Å². The summed E-state index contributed by atoms with van der Waals surface area (Å²) < 4.78 is 0. The van der Waals surface area contributed by atoms with Crippen LogP contribution in [0.5, 0.6) is 0 Å². The number of hydrogen-bond acceptors (Lipinski definition) is 4. The van der Waals surface area contributed by atoms with Crippen molar-refractivity contribution < 1.29 is 4.79 Å². The molecule has 26 heavy (non-hydrogen) atoms. The van der Waals surface area contributed by atoms with Crippen LogP contribution in [-0.2, 0) is 11.2 Å². The summed E-state index contributed by atoms with van der Waals surface area (Å²) in [7, 11) is 0. The molecule has 4 rings (SSSR count). The third-order valence-corrected chi connectivity index (χ3v) is 6.53. The number of hydrogen-bond donors (Lipinski definition) is 1. The number of anilines is 2. The summed E-state index contributed by atoms with van der Waals surface area (Å²) in [5, 5.41) is 2.10. The van der Waals surface area contributed by atoms with Crippen LogP contribution >= 0.6 is 23.7 Å². The van der Waals surface area contributed by atoms with Crippen molar-refractivity contribution in [2.24, 2.45) is 0 Å². The van der Waals surface area contributed by atoms with Crippen LogP contribution in [0.3, 0.4) is 0 Å². The second-order valence-corrected chi connectivity index (χ2v) is 8.00. The molecule has 1 amide bonds. The number of amides is 1. The highest BCUT2D eigenvalue weighted by molar-refractivity contribution is 7.10. The van der Waals surface area contributed by atoms with Gasteiger partial charge in [0.25, 0.3) is 0 Å². The molecule has 1 saturated heterocycles. The fourth-order valence-electron chi connectivity index (χ4n) is 4.26. The minimum Gasteiger partial charge on any atom is -0.398 e. The van der Waals surface area contributed by atoms with Crippen LogP contribution in [-0.4, -0.2) is 29.9 Å². The first-order valence-electron chi connectivity index (χ1n) is 9.14. The number of fused-ring (bicyclic) bond motifs is 1. The number of rotatable bonds is 3. The smallest absolute Gasteiger partial charge is 0.245 e. The molecule has 3 heterocycles. The Kier molecular flexibility index (Phi) is 5.78. The molecule has 4 nitrogen and oxygen atoms in total. The zero-order chi connectivity index (χ0) is 17.4. The highest BCUT2D eigenvalue weighted by atomic mass is 35.5. The molecule has 0 radical (unpaired) electrons. The summed E-state index contributed by atoms with van der Waals surface area (Å²) in [6.07, 6.45) is 4.21. The van der Waals surface area contributed by atoms with Crippen LogP contribution in [0.25, 0.3) is 0 Å². The van der Waals surface area contributed by atoms with Crippen LogP contribution < -0.4 is 10.6 Å². The van der Waals surface area contributed by atoms with E-state index < -0.39 is 0 Å². The molecule has 1 aromatic carbocycles. The molecule has 0 spiro atoms. The van der Waals surface area contributed by atoms with Crippen molar-refractivity contribution in [3.05, 3.63) is 46.2 Å². The molecule has 0 bridgehead atoms. The molecular formula is C20H26ClN3OS. The number of nitrogens with zero attached hydrogens (tertiary/aromatic N) is 2. The first-order chi connectivity index (χ1) is 12.2. The third-order valence-electron chi connectivity index (χ3n) is 5.56. The maximum Gasteiger partial charge on any atom is 0.245 e. The molecule has 1 fully saturated rings. The zero-order valence-corrected chi connectivity index (χ0v) is 16.7. The number of nitrogens with two attached hydrogens (primary N) is 1. The average Bonchev–Trinajstić information content (AvgIpc) is 3.31. The monoisotopic (exact) mass is 391 g/mol. The molecule has 2 unspecified atom stereocenters. The first kappa shape index (κ1) is 19.1. The SMILES string of the molecule is CC(C(=O)N1CCCC1c1cccs1)N1CCCc2c(N)cccc21.Cl. The lowest BCUT2D eigenvalue weighted by Crippen LogP contribution is -2.48. The Morgan fingerprint density at radius 1 is 1.23 bits per heavy atom. The van der Waals surface area contributed by atoms with Crippen LogP contribution in [0.1, 0.15) is 42.7 Å². The second-order valence-electron chi connectivity index (χ2n) is 7.02. The van der Waals surface area contributed by atoms with Crippen molar-refractivity contribution in [2.75, 3.05) is 23.7 Å². The maximum atomic E-state index is 13.3. The van der Waals surface area contributed by atoms with E-state index in [2.05, 4.69) is 33.4 Å². The van der Waals surface area contributed by atoms with Crippen molar-refractivity contribution in [2.45, 2.75) is 44.7 Å². The molecular weight excluding hydrogens is 366 g/mol. The molecule has 0 saturated carbocycles. The predicted molar refractivity (Wildman–Crippen MR) is 111 cm³/mol. The minimum absolute atomic E-state index is 0. The molecule has 2 atom stereocenters.